The summed E-state index contributed by atoms with van der Waals surface area (Å²) in [5, 5.41) is 19.1. The van der Waals surface area contributed by atoms with Crippen LogP contribution < -0.4 is 15.1 Å². The quantitative estimate of drug-likeness (QED) is 0.618. The van der Waals surface area contributed by atoms with Gasteiger partial charge in [-0.25, -0.2) is 4.79 Å². The highest BCUT2D eigenvalue weighted by Crippen LogP contribution is 2.33. The first-order chi connectivity index (χ1) is 9.67. The minimum absolute atomic E-state index is 0.0428. The predicted molar refractivity (Wildman–Crippen MR) is 72.5 cm³/mol. The summed E-state index contributed by atoms with van der Waals surface area (Å²) in [7, 11) is 0. The molecule has 0 fully saturated rings. The van der Waals surface area contributed by atoms with E-state index in [1.54, 1.807) is 19.1 Å². The van der Waals surface area contributed by atoms with Crippen molar-refractivity contribution in [3.8, 4) is 17.2 Å². The molecule has 20 heavy (non-hydrogen) atoms. The van der Waals surface area contributed by atoms with E-state index < -0.39 is 5.63 Å². The maximum absolute atomic E-state index is 11.7. The fourth-order valence-corrected chi connectivity index (χ4v) is 1.76. The number of aliphatic hydroxyl groups excluding tert-OH is 1. The molecule has 1 heterocycles. The zero-order chi connectivity index (χ0) is 14.5. The van der Waals surface area contributed by atoms with Crippen molar-refractivity contribution in [2.24, 2.45) is 0 Å². The molecule has 0 saturated heterocycles. The lowest BCUT2D eigenvalue weighted by Crippen LogP contribution is -2.07. The van der Waals surface area contributed by atoms with Crippen LogP contribution in [0.5, 0.6) is 17.2 Å². The van der Waals surface area contributed by atoms with Gasteiger partial charge in [0.25, 0.3) is 0 Å². The topological polar surface area (TPSA) is 89.1 Å². The summed E-state index contributed by atoms with van der Waals surface area (Å²) in [6, 6.07) is 4.75. The maximum atomic E-state index is 11.7. The van der Waals surface area contributed by atoms with E-state index in [-0.39, 0.29) is 30.3 Å². The van der Waals surface area contributed by atoms with Crippen molar-refractivity contribution in [1.82, 2.24) is 0 Å². The minimum Gasteiger partial charge on any atom is -0.504 e. The number of benzene rings is 1. The average Bonchev–Trinajstić information content (AvgIpc) is 2.43. The van der Waals surface area contributed by atoms with Crippen molar-refractivity contribution < 1.29 is 24.1 Å². The molecule has 0 spiro atoms. The lowest BCUT2D eigenvalue weighted by atomic mass is 10.2. The van der Waals surface area contributed by atoms with Gasteiger partial charge in [-0.15, -0.1) is 0 Å². The highest BCUT2D eigenvalue weighted by Gasteiger charge is 2.15. The minimum atomic E-state index is -0.732. The molecule has 2 N–H and O–H groups in total. The highest BCUT2D eigenvalue weighted by molar-refractivity contribution is 5.86. The zero-order valence-corrected chi connectivity index (χ0v) is 11.1. The van der Waals surface area contributed by atoms with Crippen molar-refractivity contribution in [1.29, 1.82) is 0 Å². The first-order valence-corrected chi connectivity index (χ1v) is 6.33. The van der Waals surface area contributed by atoms with E-state index in [1.165, 1.54) is 6.07 Å². The Kier molecular flexibility index (Phi) is 4.47. The maximum Gasteiger partial charge on any atom is 0.383 e. The first kappa shape index (κ1) is 14.2. The van der Waals surface area contributed by atoms with Gasteiger partial charge >= 0.3 is 5.63 Å². The standard InChI is InChI=1S/C14H16O6/c1-2-18-13-12(16)10-5-4-9(19-7-3-6-15)8-11(10)20-14(13)17/h4-5,8,15-16H,2-3,6-7H2,1H3. The van der Waals surface area contributed by atoms with Crippen LogP contribution in [0.25, 0.3) is 11.0 Å². The largest absolute Gasteiger partial charge is 0.504 e. The number of fused-ring (bicyclic) bond motifs is 1. The molecule has 0 amide bonds. The smallest absolute Gasteiger partial charge is 0.383 e. The van der Waals surface area contributed by atoms with Crippen molar-refractivity contribution in [3.05, 3.63) is 28.6 Å². The zero-order valence-electron chi connectivity index (χ0n) is 11.1. The van der Waals surface area contributed by atoms with Gasteiger partial charge in [-0.05, 0) is 19.1 Å². The Morgan fingerprint density at radius 2 is 2.10 bits per heavy atom. The molecule has 6 nitrogen and oxygen atoms in total. The van der Waals surface area contributed by atoms with Gasteiger partial charge in [-0.3, -0.25) is 0 Å². The van der Waals surface area contributed by atoms with Crippen LogP contribution in [0.2, 0.25) is 0 Å². The van der Waals surface area contributed by atoms with Crippen LogP contribution in [0.4, 0.5) is 0 Å². The number of hydrogen-bond donors (Lipinski definition) is 2. The van der Waals surface area contributed by atoms with Gasteiger partial charge in [0.2, 0.25) is 5.75 Å². The first-order valence-electron chi connectivity index (χ1n) is 6.33. The number of ether oxygens (including phenoxy) is 2. The second-order valence-electron chi connectivity index (χ2n) is 4.08. The Balaban J connectivity index is 2.39. The molecule has 0 saturated carbocycles. The summed E-state index contributed by atoms with van der Waals surface area (Å²) in [5.74, 6) is 0.0756. The second-order valence-corrected chi connectivity index (χ2v) is 4.08. The van der Waals surface area contributed by atoms with Gasteiger partial charge in [0.05, 0.1) is 18.6 Å². The van der Waals surface area contributed by atoms with E-state index in [4.69, 9.17) is 19.0 Å². The Morgan fingerprint density at radius 1 is 1.30 bits per heavy atom. The van der Waals surface area contributed by atoms with E-state index in [2.05, 4.69) is 0 Å². The molecular weight excluding hydrogens is 264 g/mol. The number of rotatable bonds is 6. The van der Waals surface area contributed by atoms with Gasteiger partial charge in [-0.2, -0.15) is 0 Å². The summed E-state index contributed by atoms with van der Waals surface area (Å²) in [6.45, 7) is 2.36. The summed E-state index contributed by atoms with van der Waals surface area (Å²) < 4.78 is 15.6. The Morgan fingerprint density at radius 3 is 2.80 bits per heavy atom. The second kappa shape index (κ2) is 6.29. The van der Waals surface area contributed by atoms with E-state index in [0.717, 1.165) is 0 Å². The molecule has 2 aromatic rings. The van der Waals surface area contributed by atoms with Gasteiger partial charge < -0.3 is 24.1 Å². The van der Waals surface area contributed by atoms with Gasteiger partial charge in [0.15, 0.2) is 5.75 Å². The molecule has 0 aliphatic carbocycles. The molecule has 0 aliphatic rings. The van der Waals surface area contributed by atoms with E-state index in [9.17, 15) is 9.90 Å². The summed E-state index contributed by atoms with van der Waals surface area (Å²) in [6.07, 6.45) is 0.510. The predicted octanol–water partition coefficient (Wildman–Crippen LogP) is 1.66. The molecule has 0 aliphatic heterocycles. The van der Waals surface area contributed by atoms with Crippen LogP contribution in [0.3, 0.4) is 0 Å². The molecule has 0 radical (unpaired) electrons. The third-order valence-corrected chi connectivity index (χ3v) is 2.67. The molecule has 0 atom stereocenters. The molecule has 1 aromatic carbocycles. The van der Waals surface area contributed by atoms with Crippen LogP contribution in [-0.4, -0.2) is 30.0 Å². The third-order valence-electron chi connectivity index (χ3n) is 2.67. The molecular formula is C14H16O6. The third kappa shape index (κ3) is 2.85. The normalized spacial score (nSPS) is 10.7. The van der Waals surface area contributed by atoms with Crippen molar-refractivity contribution in [2.75, 3.05) is 19.8 Å². The Bertz CT molecular complexity index is 646. The van der Waals surface area contributed by atoms with Gasteiger partial charge in [-0.1, -0.05) is 0 Å². The Hall–Kier alpha value is -2.21. The number of aromatic hydroxyl groups is 1. The highest BCUT2D eigenvalue weighted by atomic mass is 16.5. The molecule has 0 bridgehead atoms. The molecule has 0 unspecified atom stereocenters. The monoisotopic (exact) mass is 280 g/mol. The fourth-order valence-electron chi connectivity index (χ4n) is 1.76. The SMILES string of the molecule is CCOc1c(O)c2ccc(OCCCO)cc2oc1=O. The number of hydrogen-bond acceptors (Lipinski definition) is 6. The summed E-state index contributed by atoms with van der Waals surface area (Å²) in [5.41, 5.74) is -0.512. The Labute approximate surface area is 115 Å². The van der Waals surface area contributed by atoms with Gasteiger partial charge in [0.1, 0.15) is 11.3 Å². The fraction of sp³-hybridized carbons (Fsp3) is 0.357. The van der Waals surface area contributed by atoms with Crippen LogP contribution in [-0.2, 0) is 0 Å². The van der Waals surface area contributed by atoms with E-state index in [0.29, 0.717) is 24.2 Å². The van der Waals surface area contributed by atoms with Crippen molar-refractivity contribution >= 4 is 11.0 Å². The van der Waals surface area contributed by atoms with E-state index in [1.807, 2.05) is 0 Å². The average molecular weight is 280 g/mol. The molecule has 2 rings (SSSR count). The number of aliphatic hydroxyl groups is 1. The van der Waals surface area contributed by atoms with Crippen LogP contribution in [0, 0.1) is 0 Å². The molecule has 6 heteroatoms. The van der Waals surface area contributed by atoms with Crippen LogP contribution in [0.1, 0.15) is 13.3 Å². The lowest BCUT2D eigenvalue weighted by molar-refractivity contribution is 0.233. The van der Waals surface area contributed by atoms with Crippen LogP contribution >= 0.6 is 0 Å². The van der Waals surface area contributed by atoms with E-state index >= 15 is 0 Å². The van der Waals surface area contributed by atoms with Crippen molar-refractivity contribution in [2.45, 2.75) is 13.3 Å². The molecule has 108 valence electrons. The van der Waals surface area contributed by atoms with Gasteiger partial charge in [0, 0.05) is 19.1 Å². The summed E-state index contributed by atoms with van der Waals surface area (Å²) in [4.78, 5) is 11.7. The van der Waals surface area contributed by atoms with Crippen molar-refractivity contribution in [3.63, 3.8) is 0 Å². The van der Waals surface area contributed by atoms with Crippen LogP contribution in [0.15, 0.2) is 27.4 Å². The molecule has 1 aromatic heterocycles. The lowest BCUT2D eigenvalue weighted by Gasteiger charge is -2.08. The summed E-state index contributed by atoms with van der Waals surface area (Å²) >= 11 is 0.